The zero-order valence-electron chi connectivity index (χ0n) is 20.7. The van der Waals surface area contributed by atoms with Crippen LogP contribution in [0.15, 0.2) is 71.9 Å². The molecule has 0 unspecified atom stereocenters. The second kappa shape index (κ2) is 11.9. The molecule has 0 aliphatic rings. The largest absolute Gasteiger partial charge is 0.497 e. The lowest BCUT2D eigenvalue weighted by molar-refractivity contribution is 0.0680. The Morgan fingerprint density at radius 1 is 0.917 bits per heavy atom. The first-order valence-electron chi connectivity index (χ1n) is 11.3. The first-order valence-corrected chi connectivity index (χ1v) is 11.3. The van der Waals surface area contributed by atoms with Gasteiger partial charge in [0.25, 0.3) is 0 Å². The third kappa shape index (κ3) is 7.33. The number of carboxylic acid groups (broad SMARTS) is 1. The van der Waals surface area contributed by atoms with Gasteiger partial charge in [-0.3, -0.25) is 0 Å². The minimum Gasteiger partial charge on any atom is -0.497 e. The van der Waals surface area contributed by atoms with E-state index in [9.17, 15) is 14.7 Å². The predicted molar refractivity (Wildman–Crippen MR) is 136 cm³/mol. The van der Waals surface area contributed by atoms with E-state index in [0.29, 0.717) is 11.5 Å². The van der Waals surface area contributed by atoms with Crippen LogP contribution in [-0.2, 0) is 10.3 Å². The Hall–Kier alpha value is -4.33. The molecule has 0 radical (unpaired) electrons. The minimum atomic E-state index is -1.23. The lowest BCUT2D eigenvalue weighted by Gasteiger charge is -2.18. The Bertz CT molecular complexity index is 1210. The molecule has 8 heteroatoms. The first kappa shape index (κ1) is 26.3. The molecule has 188 valence electrons. The van der Waals surface area contributed by atoms with Crippen LogP contribution in [0.5, 0.6) is 17.2 Å². The fourth-order valence-corrected chi connectivity index (χ4v) is 3.16. The fourth-order valence-electron chi connectivity index (χ4n) is 3.16. The highest BCUT2D eigenvalue weighted by Crippen LogP contribution is 2.26. The van der Waals surface area contributed by atoms with Gasteiger partial charge >= 0.3 is 11.9 Å². The Morgan fingerprint density at radius 3 is 2.19 bits per heavy atom. The van der Waals surface area contributed by atoms with Crippen LogP contribution in [0.2, 0.25) is 0 Å². The molecule has 8 nitrogen and oxygen atoms in total. The van der Waals surface area contributed by atoms with Crippen LogP contribution < -0.4 is 14.2 Å². The molecule has 36 heavy (non-hydrogen) atoms. The van der Waals surface area contributed by atoms with Crippen LogP contribution in [0.4, 0.5) is 0 Å². The third-order valence-electron chi connectivity index (χ3n) is 5.21. The van der Waals surface area contributed by atoms with Gasteiger partial charge in [0, 0.05) is 6.07 Å². The number of carbonyl (C=O) groups excluding carboxylic acids is 1. The number of benzene rings is 3. The number of hydrogen-bond donors (Lipinski definition) is 1. The minimum absolute atomic E-state index is 0.0834. The van der Waals surface area contributed by atoms with Gasteiger partial charge < -0.3 is 24.2 Å². The van der Waals surface area contributed by atoms with Gasteiger partial charge in [0.05, 0.1) is 18.9 Å². The summed E-state index contributed by atoms with van der Waals surface area (Å²) in [4.78, 5) is 29.3. The van der Waals surface area contributed by atoms with E-state index in [1.807, 2.05) is 12.1 Å². The lowest BCUT2D eigenvalue weighted by Crippen LogP contribution is -2.12. The first-order chi connectivity index (χ1) is 17.2. The van der Waals surface area contributed by atoms with Crippen LogP contribution in [0.25, 0.3) is 0 Å². The molecule has 0 spiro atoms. The molecule has 3 rings (SSSR count). The molecule has 0 amide bonds. The average molecular weight is 492 g/mol. The van der Waals surface area contributed by atoms with E-state index in [0.717, 1.165) is 5.56 Å². The quantitative estimate of drug-likeness (QED) is 0.134. The van der Waals surface area contributed by atoms with Crippen LogP contribution >= 0.6 is 0 Å². The van der Waals surface area contributed by atoms with Gasteiger partial charge in [-0.25, -0.2) is 9.59 Å². The van der Waals surface area contributed by atoms with Gasteiger partial charge in [-0.15, -0.1) is 0 Å². The Labute approximate surface area is 210 Å². The normalized spacial score (nSPS) is 11.2. The summed E-state index contributed by atoms with van der Waals surface area (Å²) in [6.45, 7) is 6.78. The number of rotatable bonds is 10. The molecular formula is C28H29NO7. The summed E-state index contributed by atoms with van der Waals surface area (Å²) in [6.07, 6.45) is 1.62. The van der Waals surface area contributed by atoms with Crippen molar-refractivity contribution in [3.05, 3.63) is 89.0 Å². The highest BCUT2D eigenvalue weighted by atomic mass is 16.6. The van der Waals surface area contributed by atoms with E-state index >= 15 is 0 Å². The number of nitrogens with zero attached hydrogens (tertiary/aromatic N) is 1. The maximum absolute atomic E-state index is 12.5. The van der Waals surface area contributed by atoms with Crippen molar-refractivity contribution in [1.82, 2.24) is 0 Å². The highest BCUT2D eigenvalue weighted by molar-refractivity contribution is 5.95. The van der Waals surface area contributed by atoms with Gasteiger partial charge in [-0.05, 0) is 52.9 Å². The number of carboxylic acids is 1. The number of methoxy groups -OCH3 is 1. The van der Waals surface area contributed by atoms with E-state index in [2.05, 4.69) is 38.1 Å². The number of esters is 1. The van der Waals surface area contributed by atoms with Gasteiger partial charge in [-0.2, -0.15) is 0 Å². The van der Waals surface area contributed by atoms with E-state index < -0.39 is 11.9 Å². The van der Waals surface area contributed by atoms with Crippen LogP contribution in [0.3, 0.4) is 0 Å². The van der Waals surface area contributed by atoms with E-state index in [-0.39, 0.29) is 35.5 Å². The smallest absolute Gasteiger partial charge is 0.343 e. The van der Waals surface area contributed by atoms with Crippen molar-refractivity contribution in [3.63, 3.8) is 0 Å². The molecule has 3 aromatic rings. The Kier molecular flexibility index (Phi) is 8.67. The zero-order valence-corrected chi connectivity index (χ0v) is 20.7. The molecule has 1 N–H and O–H groups in total. The molecule has 0 atom stereocenters. The molecule has 0 aromatic heterocycles. The highest BCUT2D eigenvalue weighted by Gasteiger charge is 2.17. The summed E-state index contributed by atoms with van der Waals surface area (Å²) >= 11 is 0. The number of carbonyl (C=O) groups is 2. The number of oxime groups is 1. The van der Waals surface area contributed by atoms with Gasteiger partial charge in [0.2, 0.25) is 0 Å². The summed E-state index contributed by atoms with van der Waals surface area (Å²) in [7, 11) is 1.51. The van der Waals surface area contributed by atoms with Gasteiger partial charge in [0.1, 0.15) is 29.4 Å². The molecule has 3 aromatic carbocycles. The summed E-state index contributed by atoms with van der Waals surface area (Å²) in [5.41, 5.74) is 2.31. The van der Waals surface area contributed by atoms with Gasteiger partial charge in [0.15, 0.2) is 6.61 Å². The summed E-state index contributed by atoms with van der Waals surface area (Å²) in [5, 5.41) is 13.4. The maximum atomic E-state index is 12.5. The number of aromatic carboxylic acids is 1. The predicted octanol–water partition coefficient (Wildman–Crippen LogP) is 5.34. The molecule has 0 heterocycles. The van der Waals surface area contributed by atoms with Crippen LogP contribution in [0, 0.1) is 0 Å². The van der Waals surface area contributed by atoms with Crippen molar-refractivity contribution in [2.24, 2.45) is 5.16 Å². The van der Waals surface area contributed by atoms with E-state index in [1.165, 1.54) is 43.0 Å². The molecule has 0 fully saturated rings. The molecule has 0 aliphatic carbocycles. The molecule has 0 saturated heterocycles. The van der Waals surface area contributed by atoms with Crippen LogP contribution in [-0.4, -0.2) is 43.6 Å². The van der Waals surface area contributed by atoms with Crippen molar-refractivity contribution < 1.29 is 33.7 Å². The molecular weight excluding hydrogens is 462 g/mol. The summed E-state index contributed by atoms with van der Waals surface area (Å²) < 4.78 is 16.0. The average Bonchev–Trinajstić information content (AvgIpc) is 2.86. The number of ether oxygens (including phenoxy) is 3. The maximum Gasteiger partial charge on any atom is 0.343 e. The zero-order chi connectivity index (χ0) is 26.1. The summed E-state index contributed by atoms with van der Waals surface area (Å²) in [5.74, 6) is -1.16. The Morgan fingerprint density at radius 2 is 1.58 bits per heavy atom. The monoisotopic (exact) mass is 491 g/mol. The molecule has 0 saturated carbocycles. The standard InChI is InChI=1S/C28H29NO7/c1-28(2,3)21-9-5-19(6-10-21)18-29-35-16-15-34-23-13-14-24(26(30)31)25(17-23)36-27(32)20-7-11-22(33-4)12-8-20/h5-14,17-18H,15-16H2,1-4H3,(H,30,31)/b29-18+. The second-order valence-corrected chi connectivity index (χ2v) is 8.87. The van der Waals surface area contributed by atoms with Crippen molar-refractivity contribution in [2.45, 2.75) is 26.2 Å². The van der Waals surface area contributed by atoms with Crippen LogP contribution in [0.1, 0.15) is 52.6 Å². The van der Waals surface area contributed by atoms with Crippen molar-refractivity contribution in [1.29, 1.82) is 0 Å². The fraction of sp³-hybridized carbons (Fsp3) is 0.250. The molecule has 0 bridgehead atoms. The van der Waals surface area contributed by atoms with Crippen molar-refractivity contribution in [2.75, 3.05) is 20.3 Å². The van der Waals surface area contributed by atoms with Crippen molar-refractivity contribution in [3.8, 4) is 17.2 Å². The molecule has 0 aliphatic heterocycles. The van der Waals surface area contributed by atoms with Crippen molar-refractivity contribution >= 4 is 18.2 Å². The van der Waals surface area contributed by atoms with E-state index in [4.69, 9.17) is 19.0 Å². The third-order valence-corrected chi connectivity index (χ3v) is 5.21. The SMILES string of the molecule is COc1ccc(C(=O)Oc2cc(OCCO/N=C/c3ccc(C(C)(C)C)cc3)ccc2C(=O)O)cc1. The van der Waals surface area contributed by atoms with Gasteiger partial charge in [-0.1, -0.05) is 50.2 Å². The summed E-state index contributed by atoms with van der Waals surface area (Å²) in [6, 6.07) is 18.5. The Balaban J connectivity index is 1.55. The lowest BCUT2D eigenvalue weighted by atomic mass is 9.87. The second-order valence-electron chi connectivity index (χ2n) is 8.87. The van der Waals surface area contributed by atoms with E-state index in [1.54, 1.807) is 18.3 Å². The number of hydrogen-bond acceptors (Lipinski definition) is 7. The topological polar surface area (TPSA) is 104 Å².